The maximum Gasteiger partial charge on any atom is 0.138 e. The molecule has 2 rings (SSSR count). The van der Waals surface area contributed by atoms with Gasteiger partial charge in [0.2, 0.25) is 0 Å². The molecule has 0 aliphatic rings. The van der Waals surface area contributed by atoms with Gasteiger partial charge in [0, 0.05) is 13.5 Å². The van der Waals surface area contributed by atoms with E-state index in [1.165, 1.54) is 6.33 Å². The molecule has 0 fully saturated rings. The topological polar surface area (TPSA) is 50.9 Å². The van der Waals surface area contributed by atoms with E-state index >= 15 is 0 Å². The van der Waals surface area contributed by atoms with E-state index in [2.05, 4.69) is 10.1 Å². The fourth-order valence-corrected chi connectivity index (χ4v) is 1.75. The average molecular weight is 217 g/mol. The first-order valence-electron chi connectivity index (χ1n) is 5.25. The van der Waals surface area contributed by atoms with E-state index in [1.807, 2.05) is 38.2 Å². The summed E-state index contributed by atoms with van der Waals surface area (Å²) in [7, 11) is 1.83. The lowest BCUT2D eigenvalue weighted by Gasteiger charge is -2.12. The van der Waals surface area contributed by atoms with Crippen LogP contribution in [0.25, 0.3) is 0 Å². The Morgan fingerprint density at radius 3 is 2.75 bits per heavy atom. The van der Waals surface area contributed by atoms with Gasteiger partial charge in [0.05, 0.1) is 6.10 Å². The molecule has 0 aliphatic heterocycles. The molecule has 0 amide bonds. The van der Waals surface area contributed by atoms with Crippen LogP contribution in [0.1, 0.15) is 23.1 Å². The van der Waals surface area contributed by atoms with Gasteiger partial charge in [-0.2, -0.15) is 5.10 Å². The van der Waals surface area contributed by atoms with Crippen molar-refractivity contribution in [3.05, 3.63) is 47.5 Å². The zero-order valence-electron chi connectivity index (χ0n) is 9.46. The number of aromatic nitrogens is 3. The van der Waals surface area contributed by atoms with Crippen LogP contribution in [0.4, 0.5) is 0 Å². The second-order valence-corrected chi connectivity index (χ2v) is 3.88. The Hall–Kier alpha value is -1.68. The lowest BCUT2D eigenvalue weighted by Crippen LogP contribution is -2.08. The zero-order chi connectivity index (χ0) is 11.5. The molecule has 0 saturated heterocycles. The van der Waals surface area contributed by atoms with Crippen molar-refractivity contribution < 1.29 is 5.11 Å². The van der Waals surface area contributed by atoms with Gasteiger partial charge in [-0.1, -0.05) is 24.3 Å². The monoisotopic (exact) mass is 217 g/mol. The van der Waals surface area contributed by atoms with Crippen LogP contribution in [0.2, 0.25) is 0 Å². The molecule has 1 aromatic heterocycles. The van der Waals surface area contributed by atoms with Crippen molar-refractivity contribution in [1.82, 2.24) is 14.8 Å². The molecule has 0 radical (unpaired) electrons. The molecule has 0 saturated carbocycles. The van der Waals surface area contributed by atoms with Crippen LogP contribution < -0.4 is 0 Å². The Balaban J connectivity index is 2.18. The van der Waals surface area contributed by atoms with Crippen LogP contribution in [0.3, 0.4) is 0 Å². The molecule has 1 unspecified atom stereocenters. The highest BCUT2D eigenvalue weighted by Gasteiger charge is 2.13. The first-order valence-corrected chi connectivity index (χ1v) is 5.25. The second kappa shape index (κ2) is 4.45. The highest BCUT2D eigenvalue weighted by Crippen LogP contribution is 2.20. The molecule has 4 heteroatoms. The third kappa shape index (κ3) is 2.12. The van der Waals surface area contributed by atoms with Crippen molar-refractivity contribution in [2.45, 2.75) is 19.4 Å². The van der Waals surface area contributed by atoms with Gasteiger partial charge < -0.3 is 5.11 Å². The predicted molar refractivity (Wildman–Crippen MR) is 60.8 cm³/mol. The lowest BCUT2D eigenvalue weighted by atomic mass is 10.0. The van der Waals surface area contributed by atoms with Crippen molar-refractivity contribution in [2.75, 3.05) is 0 Å². The Kier molecular flexibility index (Phi) is 3.01. The summed E-state index contributed by atoms with van der Waals surface area (Å²) in [5.74, 6) is 0.788. The number of hydrogen-bond donors (Lipinski definition) is 1. The molecule has 2 aromatic rings. The molecule has 0 bridgehead atoms. The van der Waals surface area contributed by atoms with Gasteiger partial charge in [-0.3, -0.25) is 4.68 Å². The standard InChI is InChI=1S/C12H15N3O/c1-9-5-3-4-6-10(9)11(16)7-12-13-8-14-15(12)2/h3-6,8,11,16H,7H2,1-2H3. The number of nitrogens with zero attached hydrogens (tertiary/aromatic N) is 3. The third-order valence-corrected chi connectivity index (χ3v) is 2.73. The number of rotatable bonds is 3. The molecule has 1 heterocycles. The molecule has 84 valence electrons. The summed E-state index contributed by atoms with van der Waals surface area (Å²) in [6.07, 6.45) is 1.46. The molecule has 16 heavy (non-hydrogen) atoms. The maximum atomic E-state index is 10.1. The Labute approximate surface area is 94.6 Å². The van der Waals surface area contributed by atoms with Crippen molar-refractivity contribution in [3.8, 4) is 0 Å². The van der Waals surface area contributed by atoms with Gasteiger partial charge >= 0.3 is 0 Å². The minimum atomic E-state index is -0.524. The Morgan fingerprint density at radius 1 is 1.38 bits per heavy atom. The highest BCUT2D eigenvalue weighted by atomic mass is 16.3. The number of benzene rings is 1. The molecule has 4 nitrogen and oxygen atoms in total. The van der Waals surface area contributed by atoms with Crippen LogP contribution in [-0.4, -0.2) is 19.9 Å². The summed E-state index contributed by atoms with van der Waals surface area (Å²) in [5, 5.41) is 14.1. The van der Waals surface area contributed by atoms with Crippen LogP contribution in [0.15, 0.2) is 30.6 Å². The minimum Gasteiger partial charge on any atom is -0.388 e. The number of aliphatic hydroxyl groups is 1. The summed E-state index contributed by atoms with van der Waals surface area (Å²) in [6.45, 7) is 2.00. The van der Waals surface area contributed by atoms with Crippen molar-refractivity contribution in [2.24, 2.45) is 7.05 Å². The van der Waals surface area contributed by atoms with E-state index in [1.54, 1.807) is 4.68 Å². The molecular weight excluding hydrogens is 202 g/mol. The number of hydrogen-bond acceptors (Lipinski definition) is 3. The SMILES string of the molecule is Cc1ccccc1C(O)Cc1ncnn1C. The van der Waals surface area contributed by atoms with Gasteiger partial charge in [-0.05, 0) is 18.1 Å². The Bertz CT molecular complexity index is 479. The van der Waals surface area contributed by atoms with Crippen LogP contribution in [-0.2, 0) is 13.5 Å². The molecular formula is C12H15N3O. The van der Waals surface area contributed by atoms with E-state index in [0.717, 1.165) is 17.0 Å². The van der Waals surface area contributed by atoms with Crippen LogP contribution in [0.5, 0.6) is 0 Å². The first-order chi connectivity index (χ1) is 7.68. The summed E-state index contributed by atoms with van der Waals surface area (Å²) in [5.41, 5.74) is 2.04. The third-order valence-electron chi connectivity index (χ3n) is 2.73. The van der Waals surface area contributed by atoms with Gasteiger partial charge in [0.15, 0.2) is 0 Å². The van der Waals surface area contributed by atoms with Crippen molar-refractivity contribution in [3.63, 3.8) is 0 Å². The van der Waals surface area contributed by atoms with E-state index in [4.69, 9.17) is 0 Å². The molecule has 1 N–H and O–H groups in total. The van der Waals surface area contributed by atoms with E-state index in [9.17, 15) is 5.11 Å². The second-order valence-electron chi connectivity index (χ2n) is 3.88. The van der Waals surface area contributed by atoms with Crippen LogP contribution >= 0.6 is 0 Å². The maximum absolute atomic E-state index is 10.1. The Morgan fingerprint density at radius 2 is 2.12 bits per heavy atom. The largest absolute Gasteiger partial charge is 0.388 e. The minimum absolute atomic E-state index is 0.487. The summed E-state index contributed by atoms with van der Waals surface area (Å²) < 4.78 is 1.68. The number of aliphatic hydroxyl groups excluding tert-OH is 1. The van der Waals surface area contributed by atoms with E-state index in [-0.39, 0.29) is 0 Å². The average Bonchev–Trinajstić information content (AvgIpc) is 2.65. The molecule has 0 aliphatic carbocycles. The molecule has 1 atom stereocenters. The van der Waals surface area contributed by atoms with Gasteiger partial charge in [-0.25, -0.2) is 4.98 Å². The first kappa shape index (κ1) is 10.8. The predicted octanol–water partition coefficient (Wildman–Crippen LogP) is 1.40. The van der Waals surface area contributed by atoms with Crippen LogP contribution in [0, 0.1) is 6.92 Å². The normalized spacial score (nSPS) is 12.7. The van der Waals surface area contributed by atoms with Crippen molar-refractivity contribution >= 4 is 0 Å². The lowest BCUT2D eigenvalue weighted by molar-refractivity contribution is 0.173. The van der Waals surface area contributed by atoms with E-state index in [0.29, 0.717) is 6.42 Å². The summed E-state index contributed by atoms with van der Waals surface area (Å²) in [6, 6.07) is 7.84. The van der Waals surface area contributed by atoms with Gasteiger partial charge in [-0.15, -0.1) is 0 Å². The zero-order valence-corrected chi connectivity index (χ0v) is 9.46. The summed E-state index contributed by atoms with van der Waals surface area (Å²) >= 11 is 0. The molecule has 1 aromatic carbocycles. The smallest absolute Gasteiger partial charge is 0.138 e. The molecule has 0 spiro atoms. The highest BCUT2D eigenvalue weighted by molar-refractivity contribution is 5.28. The van der Waals surface area contributed by atoms with Crippen molar-refractivity contribution in [1.29, 1.82) is 0 Å². The van der Waals surface area contributed by atoms with Gasteiger partial charge in [0.1, 0.15) is 12.2 Å². The fourth-order valence-electron chi connectivity index (χ4n) is 1.75. The van der Waals surface area contributed by atoms with E-state index < -0.39 is 6.10 Å². The summed E-state index contributed by atoms with van der Waals surface area (Å²) in [4.78, 5) is 4.10. The fraction of sp³-hybridized carbons (Fsp3) is 0.333. The number of aryl methyl sites for hydroxylation is 2. The quantitative estimate of drug-likeness (QED) is 0.845. The van der Waals surface area contributed by atoms with Gasteiger partial charge in [0.25, 0.3) is 0 Å².